The standard InChI is InChI=1S/C19H30N5O7P/c1-18(2,3)15(25)29-17(30-16(26)19(4,5)6)31-32(27)11-28-8-7-24-10-23-12-13(20)21-9-22-14(12)24/h9-10,17,32H,7-8,11H2,1-6H3,(H2,20,21,22). The Morgan fingerprint density at radius 2 is 1.66 bits per heavy atom. The summed E-state index contributed by atoms with van der Waals surface area (Å²) in [6, 6.07) is 0. The summed E-state index contributed by atoms with van der Waals surface area (Å²) in [6.07, 6.45) is 2.61. The smallest absolute Gasteiger partial charge is 0.370 e. The molecule has 0 aliphatic carbocycles. The number of rotatable bonds is 9. The van der Waals surface area contributed by atoms with Crippen LogP contribution in [0.5, 0.6) is 0 Å². The monoisotopic (exact) mass is 471 g/mol. The normalized spacial score (nSPS) is 13.3. The van der Waals surface area contributed by atoms with Gasteiger partial charge in [0.05, 0.1) is 23.8 Å². The van der Waals surface area contributed by atoms with E-state index in [4.69, 9.17) is 24.5 Å². The number of aromatic nitrogens is 4. The lowest BCUT2D eigenvalue weighted by Crippen LogP contribution is -2.35. The quantitative estimate of drug-likeness (QED) is 0.248. The fourth-order valence-corrected chi connectivity index (χ4v) is 2.81. The predicted octanol–water partition coefficient (Wildman–Crippen LogP) is 2.34. The Hall–Kier alpha value is -2.56. The van der Waals surface area contributed by atoms with Gasteiger partial charge in [-0.25, -0.2) is 15.0 Å². The molecule has 32 heavy (non-hydrogen) atoms. The summed E-state index contributed by atoms with van der Waals surface area (Å²) >= 11 is 0. The maximum absolute atomic E-state index is 12.3. The molecule has 178 valence electrons. The number of imidazole rings is 1. The molecule has 2 rings (SSSR count). The van der Waals surface area contributed by atoms with Gasteiger partial charge in [-0.3, -0.25) is 18.7 Å². The Morgan fingerprint density at radius 1 is 1.06 bits per heavy atom. The van der Waals surface area contributed by atoms with Crippen LogP contribution in [0.25, 0.3) is 11.2 Å². The summed E-state index contributed by atoms with van der Waals surface area (Å²) in [5, 5.41) is 0. The number of anilines is 1. The second-order valence-electron chi connectivity index (χ2n) is 9.01. The van der Waals surface area contributed by atoms with Crippen LogP contribution in [0.4, 0.5) is 5.82 Å². The second kappa shape index (κ2) is 10.4. The molecule has 0 saturated heterocycles. The number of ether oxygens (including phenoxy) is 3. The fourth-order valence-electron chi connectivity index (χ4n) is 2.12. The summed E-state index contributed by atoms with van der Waals surface area (Å²) in [6.45, 7) is 8.56. The van der Waals surface area contributed by atoms with E-state index in [1.807, 2.05) is 0 Å². The molecule has 2 aromatic heterocycles. The molecule has 0 aromatic carbocycles. The molecule has 2 heterocycles. The Kier molecular flexibility index (Phi) is 8.33. The lowest BCUT2D eigenvalue weighted by atomic mass is 9.97. The van der Waals surface area contributed by atoms with Gasteiger partial charge in [0.15, 0.2) is 11.5 Å². The van der Waals surface area contributed by atoms with E-state index in [0.717, 1.165) is 0 Å². The number of nitrogen functional groups attached to an aromatic ring is 1. The minimum absolute atomic E-state index is 0.170. The third-order valence-electron chi connectivity index (χ3n) is 3.98. The van der Waals surface area contributed by atoms with Gasteiger partial charge in [-0.15, -0.1) is 0 Å². The van der Waals surface area contributed by atoms with E-state index >= 15 is 0 Å². The van der Waals surface area contributed by atoms with Crippen LogP contribution in [0.15, 0.2) is 12.7 Å². The topological polar surface area (TPSA) is 158 Å². The minimum atomic E-state index is -2.85. The molecule has 0 saturated carbocycles. The first-order chi connectivity index (χ1) is 14.8. The van der Waals surface area contributed by atoms with Crippen LogP contribution in [0, 0.1) is 10.8 Å². The van der Waals surface area contributed by atoms with Gasteiger partial charge in [0.2, 0.25) is 8.03 Å². The van der Waals surface area contributed by atoms with Gasteiger partial charge in [0.1, 0.15) is 18.2 Å². The van der Waals surface area contributed by atoms with E-state index in [2.05, 4.69) is 15.0 Å². The van der Waals surface area contributed by atoms with Crippen LogP contribution in [0.1, 0.15) is 41.5 Å². The molecule has 0 aliphatic heterocycles. The molecule has 13 heteroatoms. The highest BCUT2D eigenvalue weighted by molar-refractivity contribution is 7.38. The number of carbonyl (C=O) groups excluding carboxylic acids is 2. The fraction of sp³-hybridized carbons (Fsp3) is 0.632. The number of carbonyl (C=O) groups is 2. The Morgan fingerprint density at radius 3 is 2.22 bits per heavy atom. The van der Waals surface area contributed by atoms with Crippen LogP contribution in [0.2, 0.25) is 0 Å². The van der Waals surface area contributed by atoms with Crippen molar-refractivity contribution in [2.45, 2.75) is 54.6 Å². The average Bonchev–Trinajstić information content (AvgIpc) is 3.08. The molecule has 0 fully saturated rings. The molecule has 0 bridgehead atoms. The molecule has 0 radical (unpaired) electrons. The Labute approximate surface area is 186 Å². The largest absolute Gasteiger partial charge is 0.400 e. The zero-order valence-corrected chi connectivity index (χ0v) is 20.1. The summed E-state index contributed by atoms with van der Waals surface area (Å²) in [4.78, 5) is 36.5. The van der Waals surface area contributed by atoms with Gasteiger partial charge in [0, 0.05) is 6.54 Å². The summed E-state index contributed by atoms with van der Waals surface area (Å²) < 4.78 is 34.8. The Bertz CT molecular complexity index is 953. The van der Waals surface area contributed by atoms with Crippen molar-refractivity contribution in [3.8, 4) is 0 Å². The number of esters is 2. The van der Waals surface area contributed by atoms with Crippen molar-refractivity contribution in [1.82, 2.24) is 19.5 Å². The molecule has 12 nitrogen and oxygen atoms in total. The van der Waals surface area contributed by atoms with Crippen molar-refractivity contribution in [2.75, 3.05) is 18.7 Å². The van der Waals surface area contributed by atoms with E-state index in [-0.39, 0.29) is 18.8 Å². The van der Waals surface area contributed by atoms with Gasteiger partial charge >= 0.3 is 18.4 Å². The van der Waals surface area contributed by atoms with Crippen molar-refractivity contribution in [2.24, 2.45) is 10.8 Å². The molecule has 1 atom stereocenters. The third-order valence-corrected chi connectivity index (χ3v) is 4.88. The number of hydrogen-bond acceptors (Lipinski definition) is 11. The highest BCUT2D eigenvalue weighted by Crippen LogP contribution is 2.29. The average molecular weight is 471 g/mol. The lowest BCUT2D eigenvalue weighted by molar-refractivity contribution is -0.243. The molecule has 2 aromatic rings. The van der Waals surface area contributed by atoms with Crippen molar-refractivity contribution in [3.05, 3.63) is 12.7 Å². The first-order valence-electron chi connectivity index (χ1n) is 9.89. The maximum atomic E-state index is 12.3. The van der Waals surface area contributed by atoms with E-state index in [9.17, 15) is 14.2 Å². The molecule has 0 aliphatic rings. The number of hydrogen-bond donors (Lipinski definition) is 1. The predicted molar refractivity (Wildman–Crippen MR) is 116 cm³/mol. The van der Waals surface area contributed by atoms with Crippen molar-refractivity contribution >= 4 is 36.9 Å². The van der Waals surface area contributed by atoms with Crippen LogP contribution in [-0.2, 0) is 39.4 Å². The van der Waals surface area contributed by atoms with E-state index in [1.165, 1.54) is 6.33 Å². The third kappa shape index (κ3) is 7.25. The zero-order chi connectivity index (χ0) is 24.1. The van der Waals surface area contributed by atoms with E-state index in [1.54, 1.807) is 52.4 Å². The van der Waals surface area contributed by atoms with Crippen LogP contribution in [-0.4, -0.2) is 50.9 Å². The first kappa shape index (κ1) is 25.7. The highest BCUT2D eigenvalue weighted by atomic mass is 31.1. The second-order valence-corrected chi connectivity index (χ2v) is 10.3. The van der Waals surface area contributed by atoms with Crippen LogP contribution >= 0.6 is 8.03 Å². The van der Waals surface area contributed by atoms with Gasteiger partial charge in [-0.05, 0) is 41.5 Å². The van der Waals surface area contributed by atoms with Crippen molar-refractivity contribution in [3.63, 3.8) is 0 Å². The summed E-state index contributed by atoms with van der Waals surface area (Å²) in [5.74, 6) is -1.07. The molecular weight excluding hydrogens is 441 g/mol. The van der Waals surface area contributed by atoms with Crippen LogP contribution < -0.4 is 5.73 Å². The van der Waals surface area contributed by atoms with Crippen LogP contribution in [0.3, 0.4) is 0 Å². The molecule has 2 N–H and O–H groups in total. The van der Waals surface area contributed by atoms with Gasteiger partial charge in [-0.2, -0.15) is 0 Å². The zero-order valence-electron chi connectivity index (χ0n) is 19.1. The van der Waals surface area contributed by atoms with Crippen molar-refractivity contribution in [1.29, 1.82) is 0 Å². The summed E-state index contributed by atoms with van der Waals surface area (Å²) in [7, 11) is -2.85. The molecule has 0 amide bonds. The van der Waals surface area contributed by atoms with Gasteiger partial charge < -0.3 is 24.5 Å². The molecular formula is C19H30N5O7P. The van der Waals surface area contributed by atoms with E-state index in [0.29, 0.717) is 17.7 Å². The number of nitrogens with zero attached hydrogens (tertiary/aromatic N) is 4. The molecule has 0 spiro atoms. The number of nitrogens with two attached hydrogens (primary N) is 1. The van der Waals surface area contributed by atoms with Gasteiger partial charge in [-0.1, -0.05) is 0 Å². The number of fused-ring (bicyclic) bond motifs is 1. The SMILES string of the molecule is CC(C)(C)C(=O)OC(OC(=O)C(C)(C)C)O[PH](=O)COCCn1cnc2c(N)ncnc21. The maximum Gasteiger partial charge on any atom is 0.370 e. The molecule has 1 unspecified atom stereocenters. The van der Waals surface area contributed by atoms with Gasteiger partial charge in [0.25, 0.3) is 0 Å². The lowest BCUT2D eigenvalue weighted by Gasteiger charge is -2.25. The first-order valence-corrected chi connectivity index (χ1v) is 11.4. The summed E-state index contributed by atoms with van der Waals surface area (Å²) in [5.41, 5.74) is 5.03. The highest BCUT2D eigenvalue weighted by Gasteiger charge is 2.33. The Balaban J connectivity index is 1.90. The van der Waals surface area contributed by atoms with E-state index < -0.39 is 37.3 Å². The minimum Gasteiger partial charge on any atom is -0.400 e. The van der Waals surface area contributed by atoms with Crippen molar-refractivity contribution < 1.29 is 32.9 Å².